The molecule has 4 heterocycles. The van der Waals surface area contributed by atoms with Crippen LogP contribution in [0.5, 0.6) is 0 Å². The summed E-state index contributed by atoms with van der Waals surface area (Å²) >= 11 is 0. The SMILES string of the molecule is O=C(Cn1c(=O)oc2ccccc21)N1CCN(c2cc(-n3cccc3)ncn2)CC1. The Morgan fingerprint density at radius 2 is 1.70 bits per heavy atom. The Hall–Kier alpha value is -3.88. The zero-order valence-electron chi connectivity index (χ0n) is 16.2. The van der Waals surface area contributed by atoms with Crippen LogP contribution in [-0.2, 0) is 11.3 Å². The van der Waals surface area contributed by atoms with Crippen molar-refractivity contribution in [3.8, 4) is 5.82 Å². The number of oxazole rings is 1. The Kier molecular flexibility index (Phi) is 4.55. The molecule has 1 saturated heterocycles. The zero-order chi connectivity index (χ0) is 20.5. The molecule has 0 radical (unpaired) electrons. The summed E-state index contributed by atoms with van der Waals surface area (Å²) in [6.07, 6.45) is 5.42. The Balaban J connectivity index is 1.26. The quantitative estimate of drug-likeness (QED) is 0.512. The molecule has 0 spiro atoms. The highest BCUT2D eigenvalue weighted by Gasteiger charge is 2.23. The molecule has 152 valence electrons. The van der Waals surface area contributed by atoms with E-state index in [1.165, 1.54) is 4.57 Å². The second kappa shape index (κ2) is 7.51. The molecule has 0 atom stereocenters. The molecule has 1 aliphatic heterocycles. The second-order valence-corrected chi connectivity index (χ2v) is 7.11. The van der Waals surface area contributed by atoms with Gasteiger partial charge in [0.2, 0.25) is 5.91 Å². The summed E-state index contributed by atoms with van der Waals surface area (Å²) in [6, 6.07) is 12.9. The molecule has 9 nitrogen and oxygen atoms in total. The summed E-state index contributed by atoms with van der Waals surface area (Å²) in [7, 11) is 0. The summed E-state index contributed by atoms with van der Waals surface area (Å²) in [6.45, 7) is 2.42. The average molecular weight is 404 g/mol. The Morgan fingerprint density at radius 1 is 0.967 bits per heavy atom. The normalized spacial score (nSPS) is 14.4. The van der Waals surface area contributed by atoms with Gasteiger partial charge in [-0.1, -0.05) is 12.1 Å². The van der Waals surface area contributed by atoms with Crippen molar-refractivity contribution in [3.63, 3.8) is 0 Å². The van der Waals surface area contributed by atoms with Gasteiger partial charge in [0.1, 0.15) is 24.5 Å². The number of rotatable bonds is 4. The van der Waals surface area contributed by atoms with Gasteiger partial charge in [-0.2, -0.15) is 0 Å². The van der Waals surface area contributed by atoms with Gasteiger partial charge >= 0.3 is 5.76 Å². The maximum Gasteiger partial charge on any atom is 0.420 e. The standard InChI is InChI=1S/C21H20N6O3/c28-20(14-27-16-5-1-2-6-17(16)30-21(27)29)26-11-9-25(10-12-26)19-13-18(22-15-23-19)24-7-3-4-8-24/h1-8,13,15H,9-12,14H2. The second-order valence-electron chi connectivity index (χ2n) is 7.11. The minimum absolute atomic E-state index is 0.0267. The minimum Gasteiger partial charge on any atom is -0.408 e. The lowest BCUT2D eigenvalue weighted by Crippen LogP contribution is -2.50. The number of para-hydroxylation sites is 2. The van der Waals surface area contributed by atoms with E-state index in [4.69, 9.17) is 4.42 Å². The van der Waals surface area contributed by atoms with Crippen LogP contribution in [0.1, 0.15) is 0 Å². The van der Waals surface area contributed by atoms with Crippen molar-refractivity contribution < 1.29 is 9.21 Å². The fourth-order valence-corrected chi connectivity index (χ4v) is 3.72. The number of carbonyl (C=O) groups excluding carboxylic acids is 1. The van der Waals surface area contributed by atoms with Crippen molar-refractivity contribution >= 4 is 22.8 Å². The molecule has 0 bridgehead atoms. The largest absolute Gasteiger partial charge is 0.420 e. The molecule has 1 aliphatic rings. The molecule has 4 aromatic rings. The molecule has 5 rings (SSSR count). The highest BCUT2D eigenvalue weighted by Crippen LogP contribution is 2.17. The van der Waals surface area contributed by atoms with Crippen LogP contribution in [0.15, 0.2) is 70.4 Å². The van der Waals surface area contributed by atoms with Gasteiger partial charge in [-0.3, -0.25) is 9.36 Å². The van der Waals surface area contributed by atoms with Gasteiger partial charge in [-0.05, 0) is 24.3 Å². The number of carbonyl (C=O) groups is 1. The lowest BCUT2D eigenvalue weighted by molar-refractivity contribution is -0.132. The molecule has 9 heteroatoms. The number of aromatic nitrogens is 4. The third-order valence-corrected chi connectivity index (χ3v) is 5.33. The number of hydrogen-bond donors (Lipinski definition) is 0. The number of hydrogen-bond acceptors (Lipinski definition) is 6. The molecule has 1 fully saturated rings. The number of fused-ring (bicyclic) bond motifs is 1. The maximum absolute atomic E-state index is 12.8. The van der Waals surface area contributed by atoms with E-state index in [1.54, 1.807) is 29.4 Å². The van der Waals surface area contributed by atoms with E-state index in [0.717, 1.165) is 11.6 Å². The molecule has 0 N–H and O–H groups in total. The van der Waals surface area contributed by atoms with Crippen molar-refractivity contribution in [1.82, 2.24) is 24.0 Å². The minimum atomic E-state index is -0.512. The monoisotopic (exact) mass is 404 g/mol. The maximum atomic E-state index is 12.8. The molecular formula is C21H20N6O3. The Morgan fingerprint density at radius 3 is 2.50 bits per heavy atom. The van der Waals surface area contributed by atoms with E-state index < -0.39 is 5.76 Å². The van der Waals surface area contributed by atoms with E-state index in [1.807, 2.05) is 41.2 Å². The predicted octanol–water partition coefficient (Wildman–Crippen LogP) is 1.52. The van der Waals surface area contributed by atoms with Gasteiger partial charge in [0.15, 0.2) is 5.58 Å². The van der Waals surface area contributed by atoms with Gasteiger partial charge < -0.3 is 18.8 Å². The first-order valence-corrected chi connectivity index (χ1v) is 9.75. The van der Waals surface area contributed by atoms with E-state index in [-0.39, 0.29) is 12.5 Å². The first-order valence-electron chi connectivity index (χ1n) is 9.75. The molecule has 30 heavy (non-hydrogen) atoms. The number of benzene rings is 1. The number of anilines is 1. The van der Waals surface area contributed by atoms with Crippen molar-refractivity contribution in [1.29, 1.82) is 0 Å². The van der Waals surface area contributed by atoms with Crippen LogP contribution in [0.2, 0.25) is 0 Å². The average Bonchev–Trinajstić information content (AvgIpc) is 3.43. The zero-order valence-corrected chi connectivity index (χ0v) is 16.2. The van der Waals surface area contributed by atoms with Gasteiger partial charge in [0.05, 0.1) is 5.52 Å². The van der Waals surface area contributed by atoms with E-state index in [0.29, 0.717) is 37.3 Å². The highest BCUT2D eigenvalue weighted by atomic mass is 16.4. The number of nitrogens with zero attached hydrogens (tertiary/aromatic N) is 6. The number of piperazine rings is 1. The number of amides is 1. The smallest absolute Gasteiger partial charge is 0.408 e. The van der Waals surface area contributed by atoms with Gasteiger partial charge in [0, 0.05) is 44.6 Å². The summed E-state index contributed by atoms with van der Waals surface area (Å²) in [5, 5.41) is 0. The van der Waals surface area contributed by atoms with Crippen LogP contribution in [0.4, 0.5) is 5.82 Å². The van der Waals surface area contributed by atoms with Crippen LogP contribution in [0.3, 0.4) is 0 Å². The molecule has 1 amide bonds. The highest BCUT2D eigenvalue weighted by molar-refractivity contribution is 5.79. The summed E-state index contributed by atoms with van der Waals surface area (Å²) in [5.74, 6) is 1.02. The Bertz CT molecular complexity index is 1240. The molecular weight excluding hydrogens is 384 g/mol. The summed E-state index contributed by atoms with van der Waals surface area (Å²) in [5.41, 5.74) is 1.12. The fraction of sp³-hybridized carbons (Fsp3) is 0.238. The predicted molar refractivity (Wildman–Crippen MR) is 111 cm³/mol. The van der Waals surface area contributed by atoms with Gasteiger partial charge in [-0.25, -0.2) is 14.8 Å². The molecule has 0 saturated carbocycles. The van der Waals surface area contributed by atoms with E-state index in [9.17, 15) is 9.59 Å². The van der Waals surface area contributed by atoms with Crippen molar-refractivity contribution in [3.05, 3.63) is 71.7 Å². The van der Waals surface area contributed by atoms with Gasteiger partial charge in [0.25, 0.3) is 0 Å². The molecule has 1 aromatic carbocycles. The van der Waals surface area contributed by atoms with Crippen LogP contribution < -0.4 is 10.7 Å². The van der Waals surface area contributed by atoms with E-state index >= 15 is 0 Å². The van der Waals surface area contributed by atoms with Crippen molar-refractivity contribution in [2.24, 2.45) is 0 Å². The third kappa shape index (κ3) is 3.34. The third-order valence-electron chi connectivity index (χ3n) is 5.33. The fourth-order valence-electron chi connectivity index (χ4n) is 3.72. The molecule has 3 aromatic heterocycles. The first kappa shape index (κ1) is 18.2. The molecule has 0 aliphatic carbocycles. The lowest BCUT2D eigenvalue weighted by atomic mass is 10.3. The summed E-state index contributed by atoms with van der Waals surface area (Å²) in [4.78, 5) is 37.5. The van der Waals surface area contributed by atoms with Crippen molar-refractivity contribution in [2.45, 2.75) is 6.54 Å². The van der Waals surface area contributed by atoms with E-state index in [2.05, 4.69) is 14.9 Å². The first-order chi connectivity index (χ1) is 14.7. The van der Waals surface area contributed by atoms with Crippen LogP contribution in [-0.4, -0.2) is 56.1 Å². The van der Waals surface area contributed by atoms with Gasteiger partial charge in [-0.15, -0.1) is 0 Å². The lowest BCUT2D eigenvalue weighted by Gasteiger charge is -2.35. The molecule has 0 unspecified atom stereocenters. The topological polar surface area (TPSA) is 89.4 Å². The van der Waals surface area contributed by atoms with Crippen LogP contribution in [0, 0.1) is 0 Å². The van der Waals surface area contributed by atoms with Crippen LogP contribution in [0.25, 0.3) is 16.9 Å². The summed E-state index contributed by atoms with van der Waals surface area (Å²) < 4.78 is 8.53. The van der Waals surface area contributed by atoms with Crippen LogP contribution >= 0.6 is 0 Å². The Labute approximate surface area is 171 Å². The van der Waals surface area contributed by atoms with Crippen molar-refractivity contribution in [2.75, 3.05) is 31.1 Å².